The SMILES string of the molecule is O=C(c1ccc(Cc2ccc(C(=O)C(O)S(=O)(=O)O)cc2)cc1)C(O)S(=O)(=O)O.[Na+]. The van der Waals surface area contributed by atoms with Crippen molar-refractivity contribution in [3.63, 3.8) is 0 Å². The molecule has 0 spiro atoms. The Hall–Kier alpha value is -1.48. The van der Waals surface area contributed by atoms with Crippen molar-refractivity contribution in [2.24, 2.45) is 0 Å². The third-order valence-electron chi connectivity index (χ3n) is 3.90. The first-order valence-corrected chi connectivity index (χ1v) is 10.9. The Balaban J connectivity index is 0.00000450. The van der Waals surface area contributed by atoms with Crippen molar-refractivity contribution in [3.05, 3.63) is 70.8 Å². The Morgan fingerprint density at radius 1 is 0.667 bits per heavy atom. The number of carbonyl (C=O) groups is 2. The molecule has 0 aromatic heterocycles. The maximum atomic E-state index is 11.8. The fourth-order valence-electron chi connectivity index (χ4n) is 2.37. The van der Waals surface area contributed by atoms with Gasteiger partial charge in [0.1, 0.15) is 0 Å². The molecule has 2 atom stereocenters. The number of aliphatic hydroxyl groups excluding tert-OH is 2. The van der Waals surface area contributed by atoms with Crippen molar-refractivity contribution < 1.29 is 75.3 Å². The normalized spacial score (nSPS) is 13.7. The number of carbonyl (C=O) groups excluding carboxylic acids is 2. The van der Waals surface area contributed by atoms with E-state index in [1.807, 2.05) is 0 Å². The number of hydrogen-bond acceptors (Lipinski definition) is 8. The number of Topliss-reactive ketones (excluding diaryl/α,β-unsaturated/α-hetero) is 2. The van der Waals surface area contributed by atoms with E-state index >= 15 is 0 Å². The summed E-state index contributed by atoms with van der Waals surface area (Å²) in [5.74, 6) is -2.36. The molecule has 13 heteroatoms. The van der Waals surface area contributed by atoms with Crippen LogP contribution in [-0.2, 0) is 26.7 Å². The van der Waals surface area contributed by atoms with E-state index in [4.69, 9.17) is 9.11 Å². The van der Waals surface area contributed by atoms with Gasteiger partial charge in [0.15, 0.2) is 0 Å². The van der Waals surface area contributed by atoms with Crippen LogP contribution in [0.1, 0.15) is 31.8 Å². The van der Waals surface area contributed by atoms with Gasteiger partial charge >= 0.3 is 29.6 Å². The molecule has 0 bridgehead atoms. The molecule has 0 amide bonds. The molecule has 0 fully saturated rings. The van der Waals surface area contributed by atoms with Crippen LogP contribution in [0.5, 0.6) is 0 Å². The van der Waals surface area contributed by atoms with Crippen LogP contribution in [-0.4, -0.2) is 58.6 Å². The van der Waals surface area contributed by atoms with Crippen LogP contribution in [0.2, 0.25) is 0 Å². The predicted molar refractivity (Wildman–Crippen MR) is 99.5 cm³/mol. The first kappa shape index (κ1) is 26.6. The zero-order valence-electron chi connectivity index (χ0n) is 15.5. The molecule has 0 aliphatic rings. The van der Waals surface area contributed by atoms with Gasteiger partial charge in [0.25, 0.3) is 20.2 Å². The standard InChI is InChI=1S/C17H16O10S2.Na/c18-14(16(20)28(22,23)24)12-5-1-10(2-6-12)9-11-3-7-13(8-4-11)15(19)17(21)29(25,26)27;/h1-8,16-17,20-21H,9H2,(H,22,23,24)(H,25,26,27);/q;+1. The third kappa shape index (κ3) is 6.77. The predicted octanol–water partition coefficient (Wildman–Crippen LogP) is -2.94. The summed E-state index contributed by atoms with van der Waals surface area (Å²) in [6, 6.07) is 11.0. The topological polar surface area (TPSA) is 183 Å². The summed E-state index contributed by atoms with van der Waals surface area (Å²) in [5.41, 5.74) is -4.04. The van der Waals surface area contributed by atoms with Crippen LogP contribution in [0, 0.1) is 0 Å². The van der Waals surface area contributed by atoms with Gasteiger partial charge in [-0.3, -0.25) is 18.7 Å². The van der Waals surface area contributed by atoms with Crippen LogP contribution >= 0.6 is 0 Å². The minimum absolute atomic E-state index is 0. The Kier molecular flexibility index (Phi) is 9.05. The minimum atomic E-state index is -4.93. The van der Waals surface area contributed by atoms with Gasteiger partial charge in [-0.2, -0.15) is 16.8 Å². The Morgan fingerprint density at radius 3 is 1.17 bits per heavy atom. The van der Waals surface area contributed by atoms with Crippen LogP contribution in [0.25, 0.3) is 0 Å². The first-order valence-electron chi connectivity index (χ1n) is 7.86. The second-order valence-corrected chi connectivity index (χ2v) is 8.99. The largest absolute Gasteiger partial charge is 1.00 e. The summed E-state index contributed by atoms with van der Waals surface area (Å²) < 4.78 is 60.7. The second kappa shape index (κ2) is 10.2. The molecule has 0 radical (unpaired) electrons. The average molecular weight is 467 g/mol. The van der Waals surface area contributed by atoms with E-state index in [1.54, 1.807) is 0 Å². The molecule has 30 heavy (non-hydrogen) atoms. The molecule has 0 aliphatic heterocycles. The summed E-state index contributed by atoms with van der Waals surface area (Å²) in [7, 11) is -9.86. The zero-order chi connectivity index (χ0) is 22.0. The smallest absolute Gasteiger partial charge is 0.369 e. The van der Waals surface area contributed by atoms with Crippen molar-refractivity contribution in [1.29, 1.82) is 0 Å². The molecule has 0 saturated heterocycles. The number of ketones is 2. The first-order chi connectivity index (χ1) is 13.3. The van der Waals surface area contributed by atoms with Crippen molar-refractivity contribution in [2.75, 3.05) is 0 Å². The van der Waals surface area contributed by atoms with Crippen molar-refractivity contribution in [1.82, 2.24) is 0 Å². The second-order valence-electron chi connectivity index (χ2n) is 6.03. The molecule has 0 saturated carbocycles. The van der Waals surface area contributed by atoms with Crippen molar-refractivity contribution in [2.45, 2.75) is 17.3 Å². The van der Waals surface area contributed by atoms with Gasteiger partial charge in [0.05, 0.1) is 0 Å². The summed E-state index contributed by atoms with van der Waals surface area (Å²) >= 11 is 0. The maximum Gasteiger partial charge on any atom is 1.00 e. The van der Waals surface area contributed by atoms with Crippen LogP contribution in [0.3, 0.4) is 0 Å². The van der Waals surface area contributed by atoms with Crippen LogP contribution < -0.4 is 29.6 Å². The summed E-state index contributed by atoms with van der Waals surface area (Å²) in [6.07, 6.45) is 0.324. The molecule has 2 rings (SSSR count). The van der Waals surface area contributed by atoms with Gasteiger partial charge in [-0.1, -0.05) is 48.5 Å². The average Bonchev–Trinajstić information content (AvgIpc) is 2.65. The number of aliphatic hydroxyl groups is 2. The quantitative estimate of drug-likeness (QED) is 0.178. The summed E-state index contributed by atoms with van der Waals surface area (Å²) in [5, 5.41) is 18.6. The molecule has 2 aromatic rings. The molecule has 0 aliphatic carbocycles. The fraction of sp³-hybridized carbons (Fsp3) is 0.176. The van der Waals surface area contributed by atoms with Crippen LogP contribution in [0.15, 0.2) is 48.5 Å². The van der Waals surface area contributed by atoms with E-state index < -0.39 is 42.7 Å². The fourth-order valence-corrected chi connectivity index (χ4v) is 3.18. The van der Waals surface area contributed by atoms with E-state index in [1.165, 1.54) is 48.5 Å². The van der Waals surface area contributed by atoms with E-state index in [2.05, 4.69) is 0 Å². The molecular formula is C17H16NaO10S2+. The van der Waals surface area contributed by atoms with Crippen LogP contribution in [0.4, 0.5) is 0 Å². The van der Waals surface area contributed by atoms with Gasteiger partial charge in [-0.15, -0.1) is 0 Å². The molecule has 156 valence electrons. The third-order valence-corrected chi connectivity index (χ3v) is 5.45. The number of rotatable bonds is 8. The zero-order valence-corrected chi connectivity index (χ0v) is 19.2. The molecule has 10 nitrogen and oxygen atoms in total. The van der Waals surface area contributed by atoms with Crippen molar-refractivity contribution in [3.8, 4) is 0 Å². The summed E-state index contributed by atoms with van der Waals surface area (Å²) in [4.78, 5) is 23.6. The molecule has 2 aromatic carbocycles. The Bertz CT molecular complexity index is 1030. The molecule has 0 heterocycles. The summed E-state index contributed by atoms with van der Waals surface area (Å²) in [6.45, 7) is 0. The number of benzene rings is 2. The van der Waals surface area contributed by atoms with E-state index in [0.29, 0.717) is 17.5 Å². The van der Waals surface area contributed by atoms with Crippen molar-refractivity contribution >= 4 is 31.8 Å². The van der Waals surface area contributed by atoms with Gasteiger partial charge in [-0.05, 0) is 17.5 Å². The molecule has 2 unspecified atom stereocenters. The van der Waals surface area contributed by atoms with Gasteiger partial charge in [0.2, 0.25) is 22.4 Å². The van der Waals surface area contributed by atoms with Gasteiger partial charge in [-0.25, -0.2) is 0 Å². The number of hydrogen-bond donors (Lipinski definition) is 4. The van der Waals surface area contributed by atoms with E-state index in [-0.39, 0.29) is 40.7 Å². The Labute approximate surface area is 194 Å². The Morgan fingerprint density at radius 2 is 0.933 bits per heavy atom. The van der Waals surface area contributed by atoms with E-state index in [9.17, 15) is 36.6 Å². The van der Waals surface area contributed by atoms with Gasteiger partial charge in [0, 0.05) is 11.1 Å². The maximum absolute atomic E-state index is 11.8. The molecular weight excluding hydrogens is 451 g/mol. The monoisotopic (exact) mass is 467 g/mol. The van der Waals surface area contributed by atoms with E-state index in [0.717, 1.165) is 0 Å². The minimum Gasteiger partial charge on any atom is -0.369 e. The van der Waals surface area contributed by atoms with Gasteiger partial charge < -0.3 is 10.2 Å². The molecule has 4 N–H and O–H groups in total.